The summed E-state index contributed by atoms with van der Waals surface area (Å²) in [5.74, 6) is 0.325. The molecule has 0 radical (unpaired) electrons. The molecule has 0 bridgehead atoms. The van der Waals surface area contributed by atoms with Crippen LogP contribution >= 0.6 is 12.4 Å². The average Bonchev–Trinajstić information content (AvgIpc) is 2.58. The van der Waals surface area contributed by atoms with Gasteiger partial charge in [-0.05, 0) is 24.5 Å². The minimum Gasteiger partial charge on any atom is -0.490 e. The number of nitrogens with one attached hydrogen (secondary N) is 1. The molecule has 7 heteroatoms. The monoisotopic (exact) mass is 355 g/mol. The Kier molecular flexibility index (Phi) is 6.43. The number of methoxy groups -OCH3 is 1. The second-order valence-corrected chi connectivity index (χ2v) is 6.65. The molecule has 134 valence electrons. The average molecular weight is 356 g/mol. The number of nitrogens with zero attached hydrogens (tertiary/aromatic N) is 2. The molecule has 0 amide bonds. The number of nitro benzene ring substituents is 1. The van der Waals surface area contributed by atoms with Crippen LogP contribution in [0.5, 0.6) is 5.75 Å². The summed E-state index contributed by atoms with van der Waals surface area (Å²) in [6, 6.07) is 5.32. The van der Waals surface area contributed by atoms with E-state index >= 15 is 0 Å². The van der Waals surface area contributed by atoms with Crippen LogP contribution in [0, 0.1) is 10.1 Å². The first-order chi connectivity index (χ1) is 11.1. The number of rotatable bonds is 4. The van der Waals surface area contributed by atoms with Crippen LogP contribution in [0.15, 0.2) is 18.2 Å². The van der Waals surface area contributed by atoms with Crippen LogP contribution in [0.1, 0.15) is 37.7 Å². The van der Waals surface area contributed by atoms with E-state index in [1.807, 2.05) is 6.07 Å². The van der Waals surface area contributed by atoms with Crippen LogP contribution in [-0.2, 0) is 6.54 Å². The summed E-state index contributed by atoms with van der Waals surface area (Å²) in [6.45, 7) is 3.79. The van der Waals surface area contributed by atoms with E-state index < -0.39 is 0 Å². The van der Waals surface area contributed by atoms with Gasteiger partial charge in [0.05, 0.1) is 12.0 Å². The van der Waals surface area contributed by atoms with Gasteiger partial charge in [0.2, 0.25) is 0 Å². The van der Waals surface area contributed by atoms with Gasteiger partial charge in [-0.1, -0.05) is 25.3 Å². The molecule has 0 unspecified atom stereocenters. The normalized spacial score (nSPS) is 20.4. The number of hydrogen-bond acceptors (Lipinski definition) is 5. The lowest BCUT2D eigenvalue weighted by atomic mass is 9.79. The number of piperazine rings is 1. The van der Waals surface area contributed by atoms with Crippen molar-refractivity contribution < 1.29 is 9.66 Å². The smallest absolute Gasteiger partial charge is 0.311 e. The van der Waals surface area contributed by atoms with E-state index in [-0.39, 0.29) is 28.6 Å². The number of halogens is 1. The third kappa shape index (κ3) is 3.82. The van der Waals surface area contributed by atoms with Crippen LogP contribution in [0.4, 0.5) is 5.69 Å². The second kappa shape index (κ2) is 8.14. The zero-order chi connectivity index (χ0) is 16.3. The highest BCUT2D eigenvalue weighted by Gasteiger charge is 2.39. The maximum Gasteiger partial charge on any atom is 0.311 e. The van der Waals surface area contributed by atoms with Gasteiger partial charge in [-0.3, -0.25) is 15.0 Å². The maximum absolute atomic E-state index is 11.2. The largest absolute Gasteiger partial charge is 0.490 e. The highest BCUT2D eigenvalue weighted by atomic mass is 35.5. The van der Waals surface area contributed by atoms with Gasteiger partial charge in [-0.25, -0.2) is 0 Å². The lowest BCUT2D eigenvalue weighted by Crippen LogP contribution is -2.61. The van der Waals surface area contributed by atoms with Crippen LogP contribution in [0.3, 0.4) is 0 Å². The molecule has 0 atom stereocenters. The lowest BCUT2D eigenvalue weighted by molar-refractivity contribution is -0.385. The van der Waals surface area contributed by atoms with Crippen molar-refractivity contribution in [3.63, 3.8) is 0 Å². The molecule has 1 aromatic carbocycles. The van der Waals surface area contributed by atoms with E-state index in [1.165, 1.54) is 39.2 Å². The second-order valence-electron chi connectivity index (χ2n) is 6.65. The Hall–Kier alpha value is -1.37. The molecule has 1 aliphatic carbocycles. The zero-order valence-corrected chi connectivity index (χ0v) is 14.9. The molecule has 1 heterocycles. The van der Waals surface area contributed by atoms with Crippen molar-refractivity contribution in [2.75, 3.05) is 26.7 Å². The number of nitro groups is 1. The van der Waals surface area contributed by atoms with E-state index in [9.17, 15) is 10.1 Å². The SMILES string of the molecule is COc1ccc(CN2CCNCC23CCCCC3)cc1[N+](=O)[O-].Cl. The fourth-order valence-corrected chi connectivity index (χ4v) is 4.03. The Balaban J connectivity index is 0.00000208. The first-order valence-electron chi connectivity index (χ1n) is 8.42. The molecule has 1 saturated carbocycles. The van der Waals surface area contributed by atoms with E-state index in [0.29, 0.717) is 5.75 Å². The summed E-state index contributed by atoms with van der Waals surface area (Å²) >= 11 is 0. The standard InChI is InChI=1S/C17H25N3O3.ClH/c1-23-16-6-5-14(11-15(16)20(21)22)12-19-10-9-18-13-17(19)7-3-2-4-8-17;/h5-6,11,18H,2-4,7-10,12-13H2,1H3;1H. The molecule has 1 spiro atoms. The highest BCUT2D eigenvalue weighted by molar-refractivity contribution is 5.85. The zero-order valence-electron chi connectivity index (χ0n) is 14.1. The molecule has 3 rings (SSSR count). The Labute approximate surface area is 149 Å². The summed E-state index contributed by atoms with van der Waals surface area (Å²) in [5.41, 5.74) is 1.27. The van der Waals surface area contributed by atoms with Gasteiger partial charge in [0.25, 0.3) is 0 Å². The molecule has 1 N–H and O–H groups in total. The molecule has 1 saturated heterocycles. The van der Waals surface area contributed by atoms with Crippen molar-refractivity contribution in [2.24, 2.45) is 0 Å². The van der Waals surface area contributed by atoms with E-state index in [1.54, 1.807) is 12.1 Å². The predicted octanol–water partition coefficient (Wildman–Crippen LogP) is 3.13. The Morgan fingerprint density at radius 1 is 1.33 bits per heavy atom. The van der Waals surface area contributed by atoms with Crippen molar-refractivity contribution in [1.82, 2.24) is 10.2 Å². The molecular weight excluding hydrogens is 330 g/mol. The predicted molar refractivity (Wildman–Crippen MR) is 96.0 cm³/mol. The first kappa shape index (κ1) is 19.0. The molecule has 1 aliphatic heterocycles. The van der Waals surface area contributed by atoms with Gasteiger partial charge in [0.15, 0.2) is 5.75 Å². The number of benzene rings is 1. The molecule has 0 aromatic heterocycles. The van der Waals surface area contributed by atoms with Gasteiger partial charge in [0.1, 0.15) is 0 Å². The molecule has 2 aliphatic rings. The highest BCUT2D eigenvalue weighted by Crippen LogP contribution is 2.36. The fourth-order valence-electron chi connectivity index (χ4n) is 4.03. The minimum absolute atomic E-state index is 0. The van der Waals surface area contributed by atoms with Gasteiger partial charge in [-0.15, -0.1) is 12.4 Å². The van der Waals surface area contributed by atoms with E-state index in [4.69, 9.17) is 4.74 Å². The molecule has 6 nitrogen and oxygen atoms in total. The van der Waals surface area contributed by atoms with Gasteiger partial charge in [-0.2, -0.15) is 0 Å². The van der Waals surface area contributed by atoms with Crippen molar-refractivity contribution in [3.8, 4) is 5.75 Å². The van der Waals surface area contributed by atoms with E-state index in [2.05, 4.69) is 10.2 Å². The summed E-state index contributed by atoms with van der Waals surface area (Å²) < 4.78 is 5.10. The number of hydrogen-bond donors (Lipinski definition) is 1. The van der Waals surface area contributed by atoms with Gasteiger partial charge in [0, 0.05) is 37.8 Å². The molecule has 24 heavy (non-hydrogen) atoms. The summed E-state index contributed by atoms with van der Waals surface area (Å²) in [5, 5.41) is 14.8. The Morgan fingerprint density at radius 2 is 2.08 bits per heavy atom. The first-order valence-corrected chi connectivity index (χ1v) is 8.42. The minimum atomic E-state index is -0.365. The van der Waals surface area contributed by atoms with E-state index in [0.717, 1.165) is 31.7 Å². The third-order valence-electron chi connectivity index (χ3n) is 5.28. The number of ether oxygens (including phenoxy) is 1. The van der Waals surface area contributed by atoms with Gasteiger partial charge >= 0.3 is 5.69 Å². The quantitative estimate of drug-likeness (QED) is 0.663. The summed E-state index contributed by atoms with van der Waals surface area (Å²) in [4.78, 5) is 13.4. The van der Waals surface area contributed by atoms with Crippen molar-refractivity contribution in [2.45, 2.75) is 44.2 Å². The topological polar surface area (TPSA) is 67.6 Å². The van der Waals surface area contributed by atoms with Crippen LogP contribution in [-0.4, -0.2) is 42.1 Å². The maximum atomic E-state index is 11.2. The lowest BCUT2D eigenvalue weighted by Gasteiger charge is -2.50. The van der Waals surface area contributed by atoms with Crippen LogP contribution < -0.4 is 10.1 Å². The van der Waals surface area contributed by atoms with Crippen LogP contribution in [0.2, 0.25) is 0 Å². The van der Waals surface area contributed by atoms with Crippen LogP contribution in [0.25, 0.3) is 0 Å². The third-order valence-corrected chi connectivity index (χ3v) is 5.28. The van der Waals surface area contributed by atoms with Crippen molar-refractivity contribution in [1.29, 1.82) is 0 Å². The van der Waals surface area contributed by atoms with Crippen molar-refractivity contribution >= 4 is 18.1 Å². The van der Waals surface area contributed by atoms with Crippen molar-refractivity contribution in [3.05, 3.63) is 33.9 Å². The fraction of sp³-hybridized carbons (Fsp3) is 0.647. The van der Waals surface area contributed by atoms with Gasteiger partial charge < -0.3 is 10.1 Å². The molecule has 2 fully saturated rings. The summed E-state index contributed by atoms with van der Waals surface area (Å²) in [7, 11) is 1.47. The molecule has 1 aromatic rings. The molecular formula is C17H26ClN3O3. The summed E-state index contributed by atoms with van der Waals surface area (Å²) in [6.07, 6.45) is 6.32. The Bertz CT molecular complexity index is 568. The Morgan fingerprint density at radius 3 is 2.75 bits per heavy atom.